The van der Waals surface area contributed by atoms with Crippen molar-refractivity contribution < 1.29 is 54.8 Å². The van der Waals surface area contributed by atoms with E-state index in [2.05, 4.69) is 11.8 Å². The van der Waals surface area contributed by atoms with E-state index >= 15 is 0 Å². The summed E-state index contributed by atoms with van der Waals surface area (Å²) in [5.41, 5.74) is -9.60. The first kappa shape index (κ1) is 32.2. The van der Waals surface area contributed by atoms with E-state index in [1.54, 1.807) is 6.92 Å². The van der Waals surface area contributed by atoms with Gasteiger partial charge in [-0.3, -0.25) is 4.90 Å². The molecule has 3 saturated heterocycles. The summed E-state index contributed by atoms with van der Waals surface area (Å²) in [6.45, 7) is 6.53. The number of nitrogens with zero attached hydrogens (tertiary/aromatic N) is 1. The molecule has 0 radical (unpaired) electrons. The summed E-state index contributed by atoms with van der Waals surface area (Å²) in [5, 5.41) is 84.5. The van der Waals surface area contributed by atoms with Crippen molar-refractivity contribution in [1.82, 2.24) is 4.90 Å². The fourth-order valence-corrected chi connectivity index (χ4v) is 12.4. The average molecular weight is 660 g/mol. The minimum absolute atomic E-state index is 0.105. The van der Waals surface area contributed by atoms with Gasteiger partial charge >= 0.3 is 5.97 Å². The third-order valence-electron chi connectivity index (χ3n) is 14.7. The van der Waals surface area contributed by atoms with Crippen molar-refractivity contribution in [2.75, 3.05) is 20.2 Å². The highest BCUT2D eigenvalue weighted by Crippen LogP contribution is 2.78. The van der Waals surface area contributed by atoms with Gasteiger partial charge in [0.2, 0.25) is 5.79 Å². The lowest BCUT2D eigenvalue weighted by molar-refractivity contribution is -0.354. The van der Waals surface area contributed by atoms with E-state index in [1.807, 2.05) is 6.92 Å². The number of phenolic OH excluding ortho intramolecular Hbond substituents is 1. The molecule has 4 aliphatic carbocycles. The quantitative estimate of drug-likeness (QED) is 0.229. The lowest BCUT2D eigenvalue weighted by Crippen LogP contribution is -2.85. The van der Waals surface area contributed by atoms with E-state index in [4.69, 9.17) is 14.2 Å². The molecule has 1 spiro atoms. The number of carbonyl (C=O) groups excluding carboxylic acids is 1. The Morgan fingerprint density at radius 2 is 1.68 bits per heavy atom. The minimum atomic E-state index is -2.10. The molecule has 8 rings (SSSR count). The Morgan fingerprint density at radius 3 is 2.40 bits per heavy atom. The SMILES string of the molecule is COc1cc(C(=O)OC2CCC3(C)C4CCC5C6(O)CC(O)C7(O)C(CN8CC(C)CCC8C7(C)O)C6(O)CC53OC24O)ccc1O. The molecule has 3 heterocycles. The Morgan fingerprint density at radius 1 is 0.957 bits per heavy atom. The topological polar surface area (TPSA) is 190 Å². The summed E-state index contributed by atoms with van der Waals surface area (Å²) in [5.74, 6) is -4.61. The zero-order valence-corrected chi connectivity index (χ0v) is 27.6. The van der Waals surface area contributed by atoms with Crippen molar-refractivity contribution in [2.45, 2.75) is 124 Å². The van der Waals surface area contributed by atoms with Crippen molar-refractivity contribution in [2.24, 2.45) is 29.1 Å². The molecule has 7 fully saturated rings. The zero-order valence-electron chi connectivity index (χ0n) is 27.6. The van der Waals surface area contributed by atoms with Gasteiger partial charge in [-0.1, -0.05) is 13.8 Å². The van der Waals surface area contributed by atoms with Gasteiger partial charge in [-0.2, -0.15) is 0 Å². The summed E-state index contributed by atoms with van der Waals surface area (Å²) in [7, 11) is 1.37. The standard InChI is InChI=1S/C35H49NO11/c1-18-5-10-25-30(3,40)34(43)24(16-36(25)15-18)32(42)17-33-23(31(32,41)14-26(34)38)9-8-22-29(33,2)12-11-27(35(22,44)47-33)46-28(39)19-6-7-20(37)21(13-19)45-4/h6-7,13,18,22-27,37-38,40-44H,5,8-12,14-17H2,1-4H3. The zero-order chi connectivity index (χ0) is 33.7. The average Bonchev–Trinajstić information content (AvgIpc) is 3.18. The smallest absolute Gasteiger partial charge is 0.338 e. The number of piperidine rings is 2. The highest BCUT2D eigenvalue weighted by atomic mass is 16.7. The first-order chi connectivity index (χ1) is 21.9. The molecule has 0 aromatic heterocycles. The number of carbonyl (C=O) groups is 1. The number of benzene rings is 1. The van der Waals surface area contributed by atoms with Gasteiger partial charge in [0.15, 0.2) is 17.6 Å². The molecule has 260 valence electrons. The molecule has 4 bridgehead atoms. The molecule has 4 saturated carbocycles. The largest absolute Gasteiger partial charge is 0.504 e. The van der Waals surface area contributed by atoms with Gasteiger partial charge in [0.05, 0.1) is 24.4 Å². The van der Waals surface area contributed by atoms with Gasteiger partial charge in [-0.15, -0.1) is 0 Å². The number of rotatable bonds is 3. The summed E-state index contributed by atoms with van der Waals surface area (Å²) >= 11 is 0. The number of phenols is 1. The molecule has 3 aliphatic heterocycles. The van der Waals surface area contributed by atoms with Crippen LogP contribution in [0.25, 0.3) is 0 Å². The number of aromatic hydroxyl groups is 1. The summed E-state index contributed by atoms with van der Waals surface area (Å²) in [4.78, 5) is 15.5. The summed E-state index contributed by atoms with van der Waals surface area (Å²) < 4.78 is 17.9. The van der Waals surface area contributed by atoms with Crippen molar-refractivity contribution >= 4 is 5.97 Å². The van der Waals surface area contributed by atoms with E-state index in [0.717, 1.165) is 6.42 Å². The van der Waals surface area contributed by atoms with Crippen molar-refractivity contribution in [3.8, 4) is 11.5 Å². The second kappa shape index (κ2) is 9.60. The number of aliphatic hydroxyl groups excluding tert-OH is 1. The van der Waals surface area contributed by atoms with Crippen LogP contribution in [0.3, 0.4) is 0 Å². The van der Waals surface area contributed by atoms with E-state index in [1.165, 1.54) is 25.3 Å². The fraction of sp³-hybridized carbons (Fsp3) is 0.800. The monoisotopic (exact) mass is 659 g/mol. The molecule has 12 nitrogen and oxygen atoms in total. The second-order valence-corrected chi connectivity index (χ2v) is 16.6. The molecule has 0 amide bonds. The molecule has 7 N–H and O–H groups in total. The Bertz CT molecular complexity index is 1510. The van der Waals surface area contributed by atoms with Crippen LogP contribution >= 0.6 is 0 Å². The first-order valence-electron chi connectivity index (χ1n) is 17.2. The Kier molecular flexibility index (Phi) is 6.57. The van der Waals surface area contributed by atoms with Crippen LogP contribution in [0, 0.1) is 29.1 Å². The van der Waals surface area contributed by atoms with Crippen molar-refractivity contribution in [3.05, 3.63) is 23.8 Å². The van der Waals surface area contributed by atoms with Crippen LogP contribution in [0.5, 0.6) is 11.5 Å². The van der Waals surface area contributed by atoms with Gasteiger partial charge in [0, 0.05) is 55.1 Å². The number of fused-ring (bicyclic) bond motifs is 5. The third-order valence-corrected chi connectivity index (χ3v) is 14.7. The Hall–Kier alpha value is -2.03. The van der Waals surface area contributed by atoms with Crippen molar-refractivity contribution in [3.63, 3.8) is 0 Å². The minimum Gasteiger partial charge on any atom is -0.504 e. The lowest BCUT2D eigenvalue weighted by atomic mass is 9.49. The number of ether oxygens (including phenoxy) is 3. The molecule has 47 heavy (non-hydrogen) atoms. The molecule has 14 unspecified atom stereocenters. The normalized spacial score (nSPS) is 54.6. The fourth-order valence-electron chi connectivity index (χ4n) is 12.4. The predicted octanol–water partition coefficient (Wildman–Crippen LogP) is 1.05. The molecule has 7 aliphatic rings. The predicted molar refractivity (Wildman–Crippen MR) is 164 cm³/mol. The maximum atomic E-state index is 13.4. The highest BCUT2D eigenvalue weighted by molar-refractivity contribution is 5.90. The van der Waals surface area contributed by atoms with Crippen LogP contribution in [0.2, 0.25) is 0 Å². The molecule has 1 aromatic rings. The summed E-state index contributed by atoms with van der Waals surface area (Å²) in [6, 6.07) is 3.69. The maximum absolute atomic E-state index is 13.4. The van der Waals surface area contributed by atoms with Gasteiger partial charge in [-0.05, 0) is 69.6 Å². The first-order valence-corrected chi connectivity index (χ1v) is 17.2. The van der Waals surface area contributed by atoms with Gasteiger partial charge < -0.3 is 50.0 Å². The molecular formula is C35H49NO11. The van der Waals surface area contributed by atoms with Crippen LogP contribution in [-0.2, 0) is 9.47 Å². The molecule has 1 aromatic carbocycles. The second-order valence-electron chi connectivity index (χ2n) is 16.6. The molecule has 12 heteroatoms. The van der Waals surface area contributed by atoms with Gasteiger partial charge in [0.25, 0.3) is 0 Å². The number of aliphatic hydroxyl groups is 6. The van der Waals surface area contributed by atoms with Gasteiger partial charge in [0.1, 0.15) is 22.4 Å². The van der Waals surface area contributed by atoms with Crippen LogP contribution in [0.4, 0.5) is 0 Å². The van der Waals surface area contributed by atoms with Crippen molar-refractivity contribution in [1.29, 1.82) is 0 Å². The van der Waals surface area contributed by atoms with E-state index in [-0.39, 0.29) is 42.9 Å². The number of methoxy groups -OCH3 is 1. The Balaban J connectivity index is 1.17. The van der Waals surface area contributed by atoms with E-state index < -0.39 is 81.2 Å². The number of hydrogen-bond donors (Lipinski definition) is 7. The summed E-state index contributed by atoms with van der Waals surface area (Å²) in [6.07, 6.45) is 0.0173. The van der Waals surface area contributed by atoms with Crippen LogP contribution in [0.15, 0.2) is 18.2 Å². The lowest BCUT2D eigenvalue weighted by Gasteiger charge is -2.68. The van der Waals surface area contributed by atoms with Crippen LogP contribution < -0.4 is 4.74 Å². The number of hydrogen-bond acceptors (Lipinski definition) is 12. The van der Waals surface area contributed by atoms with E-state index in [9.17, 15) is 40.5 Å². The number of esters is 1. The van der Waals surface area contributed by atoms with Crippen LogP contribution in [-0.4, -0.2) is 119 Å². The third kappa shape index (κ3) is 3.59. The van der Waals surface area contributed by atoms with Crippen LogP contribution in [0.1, 0.15) is 82.5 Å². The maximum Gasteiger partial charge on any atom is 0.338 e. The molecular weight excluding hydrogens is 610 g/mol. The molecule has 14 atom stereocenters. The highest BCUT2D eigenvalue weighted by Gasteiger charge is 2.88. The van der Waals surface area contributed by atoms with E-state index in [0.29, 0.717) is 38.1 Å². The Labute approximate surface area is 274 Å². The van der Waals surface area contributed by atoms with Gasteiger partial charge in [-0.25, -0.2) is 4.79 Å².